The molecule has 0 aliphatic rings. The van der Waals surface area contributed by atoms with Crippen LogP contribution in [0, 0.1) is 11.6 Å². The molecular formula is C13H8F5NO2S. The lowest BCUT2D eigenvalue weighted by Crippen LogP contribution is -2.15. The summed E-state index contributed by atoms with van der Waals surface area (Å²) >= 11 is 0. The number of hydrogen-bond acceptors (Lipinski definition) is 2. The molecule has 0 saturated heterocycles. The van der Waals surface area contributed by atoms with Gasteiger partial charge in [0.1, 0.15) is 11.6 Å². The van der Waals surface area contributed by atoms with Gasteiger partial charge in [-0.25, -0.2) is 17.2 Å². The van der Waals surface area contributed by atoms with Gasteiger partial charge in [0.05, 0.1) is 10.5 Å². The van der Waals surface area contributed by atoms with Crippen LogP contribution in [0.1, 0.15) is 5.56 Å². The van der Waals surface area contributed by atoms with Crippen LogP contribution in [-0.2, 0) is 16.2 Å². The van der Waals surface area contributed by atoms with Crippen molar-refractivity contribution in [2.45, 2.75) is 11.1 Å². The Hall–Kier alpha value is -2.16. The maximum Gasteiger partial charge on any atom is 0.419 e. The molecule has 0 aromatic heterocycles. The lowest BCUT2D eigenvalue weighted by molar-refractivity contribution is -0.139. The van der Waals surface area contributed by atoms with Gasteiger partial charge >= 0.3 is 6.18 Å². The summed E-state index contributed by atoms with van der Waals surface area (Å²) in [6.45, 7) is 0. The molecule has 0 amide bonds. The molecule has 9 heteroatoms. The lowest BCUT2D eigenvalue weighted by atomic mass is 10.2. The third-order valence-corrected chi connectivity index (χ3v) is 4.05. The zero-order valence-corrected chi connectivity index (χ0v) is 11.5. The third-order valence-electron chi connectivity index (χ3n) is 2.65. The van der Waals surface area contributed by atoms with E-state index in [4.69, 9.17) is 0 Å². The van der Waals surface area contributed by atoms with Crippen molar-refractivity contribution in [1.82, 2.24) is 0 Å². The second-order valence-electron chi connectivity index (χ2n) is 4.25. The molecule has 118 valence electrons. The molecular weight excluding hydrogens is 329 g/mol. The second kappa shape index (κ2) is 5.56. The molecule has 0 aliphatic heterocycles. The maximum atomic E-state index is 13.1. The van der Waals surface area contributed by atoms with E-state index in [2.05, 4.69) is 0 Å². The summed E-state index contributed by atoms with van der Waals surface area (Å²) < 4.78 is 89.4. The quantitative estimate of drug-likeness (QED) is 0.867. The Morgan fingerprint density at radius 2 is 1.50 bits per heavy atom. The van der Waals surface area contributed by atoms with Crippen LogP contribution in [0.5, 0.6) is 0 Å². The first-order valence-electron chi connectivity index (χ1n) is 5.75. The molecule has 0 heterocycles. The normalized spacial score (nSPS) is 12.2. The lowest BCUT2D eigenvalue weighted by Gasteiger charge is -2.12. The summed E-state index contributed by atoms with van der Waals surface area (Å²) in [6.07, 6.45) is -4.96. The molecule has 2 aromatic carbocycles. The van der Waals surface area contributed by atoms with Gasteiger partial charge in [-0.05, 0) is 42.5 Å². The Labute approximate surface area is 122 Å². The fourth-order valence-corrected chi connectivity index (χ4v) is 2.68. The molecule has 2 rings (SSSR count). The van der Waals surface area contributed by atoms with Crippen molar-refractivity contribution in [3.8, 4) is 0 Å². The van der Waals surface area contributed by atoms with Gasteiger partial charge in [0, 0.05) is 5.69 Å². The van der Waals surface area contributed by atoms with Gasteiger partial charge in [0.25, 0.3) is 10.0 Å². The highest BCUT2D eigenvalue weighted by molar-refractivity contribution is 7.92. The summed E-state index contributed by atoms with van der Waals surface area (Å²) in [6, 6.07) is 5.38. The van der Waals surface area contributed by atoms with E-state index < -0.39 is 39.1 Å². The molecule has 0 unspecified atom stereocenters. The van der Waals surface area contributed by atoms with Crippen molar-refractivity contribution in [1.29, 1.82) is 0 Å². The van der Waals surface area contributed by atoms with Crippen LogP contribution in [0.3, 0.4) is 0 Å². The van der Waals surface area contributed by atoms with Crippen molar-refractivity contribution >= 4 is 15.7 Å². The molecule has 0 fully saturated rings. The molecule has 0 saturated carbocycles. The molecule has 0 bridgehead atoms. The number of sulfonamides is 1. The Balaban J connectivity index is 2.36. The van der Waals surface area contributed by atoms with Gasteiger partial charge in [0.15, 0.2) is 0 Å². The standard InChI is InChI=1S/C13H8F5NO2S/c14-8-1-4-10(5-2-8)22(20,21)19-9-3-6-12(15)11(7-9)13(16,17)18/h1-7,19H. The van der Waals surface area contributed by atoms with Gasteiger partial charge in [-0.3, -0.25) is 4.72 Å². The third kappa shape index (κ3) is 3.53. The molecule has 1 N–H and O–H groups in total. The number of anilines is 1. The van der Waals surface area contributed by atoms with Gasteiger partial charge in [-0.2, -0.15) is 13.2 Å². The van der Waals surface area contributed by atoms with Crippen LogP contribution in [0.2, 0.25) is 0 Å². The molecule has 0 radical (unpaired) electrons. The second-order valence-corrected chi connectivity index (χ2v) is 5.93. The van der Waals surface area contributed by atoms with E-state index in [0.29, 0.717) is 12.1 Å². The predicted molar refractivity (Wildman–Crippen MR) is 68.6 cm³/mol. The fraction of sp³-hybridized carbons (Fsp3) is 0.0769. The first kappa shape index (κ1) is 16.2. The van der Waals surface area contributed by atoms with Crippen molar-refractivity contribution in [2.24, 2.45) is 0 Å². The van der Waals surface area contributed by atoms with Crippen molar-refractivity contribution < 1.29 is 30.4 Å². The average Bonchev–Trinajstić information content (AvgIpc) is 2.40. The van der Waals surface area contributed by atoms with E-state index in [1.807, 2.05) is 4.72 Å². The van der Waals surface area contributed by atoms with Gasteiger partial charge in [-0.1, -0.05) is 0 Å². The number of nitrogens with one attached hydrogen (secondary N) is 1. The minimum Gasteiger partial charge on any atom is -0.280 e. The molecule has 0 spiro atoms. The van der Waals surface area contributed by atoms with E-state index in [1.165, 1.54) is 0 Å². The SMILES string of the molecule is O=S(=O)(Nc1ccc(F)c(C(F)(F)F)c1)c1ccc(F)cc1. The first-order valence-corrected chi connectivity index (χ1v) is 7.23. The molecule has 0 aliphatic carbocycles. The first-order chi connectivity index (χ1) is 10.1. The van der Waals surface area contributed by atoms with Crippen molar-refractivity contribution in [3.05, 3.63) is 59.7 Å². The zero-order chi connectivity index (χ0) is 16.5. The summed E-state index contributed by atoms with van der Waals surface area (Å²) in [5, 5.41) is 0. The van der Waals surface area contributed by atoms with Gasteiger partial charge in [0.2, 0.25) is 0 Å². The minimum absolute atomic E-state index is 0.341. The van der Waals surface area contributed by atoms with E-state index in [-0.39, 0.29) is 4.90 Å². The fourth-order valence-electron chi connectivity index (χ4n) is 1.63. The van der Waals surface area contributed by atoms with Crippen LogP contribution in [0.4, 0.5) is 27.6 Å². The highest BCUT2D eigenvalue weighted by Crippen LogP contribution is 2.33. The smallest absolute Gasteiger partial charge is 0.280 e. The highest BCUT2D eigenvalue weighted by Gasteiger charge is 2.34. The van der Waals surface area contributed by atoms with E-state index in [0.717, 1.165) is 30.3 Å². The van der Waals surface area contributed by atoms with Crippen molar-refractivity contribution in [3.63, 3.8) is 0 Å². The van der Waals surface area contributed by atoms with Gasteiger partial charge in [-0.15, -0.1) is 0 Å². The summed E-state index contributed by atoms with van der Waals surface area (Å²) in [5.74, 6) is -2.18. The molecule has 0 atom stereocenters. The average molecular weight is 337 g/mol. The maximum absolute atomic E-state index is 13.1. The Morgan fingerprint density at radius 1 is 0.909 bits per heavy atom. The number of halogens is 5. The summed E-state index contributed by atoms with van der Waals surface area (Å²) in [7, 11) is -4.21. The highest BCUT2D eigenvalue weighted by atomic mass is 32.2. The van der Waals surface area contributed by atoms with Crippen LogP contribution in [0.15, 0.2) is 47.4 Å². The van der Waals surface area contributed by atoms with Crippen LogP contribution in [0.25, 0.3) is 0 Å². The van der Waals surface area contributed by atoms with Crippen molar-refractivity contribution in [2.75, 3.05) is 4.72 Å². The monoisotopic (exact) mass is 337 g/mol. The van der Waals surface area contributed by atoms with Crippen LogP contribution in [-0.4, -0.2) is 8.42 Å². The molecule has 3 nitrogen and oxygen atoms in total. The number of rotatable bonds is 3. The topological polar surface area (TPSA) is 46.2 Å². The Morgan fingerprint density at radius 3 is 2.05 bits per heavy atom. The van der Waals surface area contributed by atoms with Crippen LogP contribution >= 0.6 is 0 Å². The minimum atomic E-state index is -4.96. The molecule has 2 aromatic rings. The molecule has 22 heavy (non-hydrogen) atoms. The number of hydrogen-bond donors (Lipinski definition) is 1. The van der Waals surface area contributed by atoms with E-state index in [1.54, 1.807) is 0 Å². The zero-order valence-electron chi connectivity index (χ0n) is 10.7. The summed E-state index contributed by atoms with van der Waals surface area (Å²) in [5.41, 5.74) is -2.05. The summed E-state index contributed by atoms with van der Waals surface area (Å²) in [4.78, 5) is -0.341. The largest absolute Gasteiger partial charge is 0.419 e. The van der Waals surface area contributed by atoms with E-state index in [9.17, 15) is 30.4 Å². The number of benzene rings is 2. The van der Waals surface area contributed by atoms with E-state index >= 15 is 0 Å². The Kier molecular flexibility index (Phi) is 4.10. The van der Waals surface area contributed by atoms with Crippen LogP contribution < -0.4 is 4.72 Å². The number of alkyl halides is 3. The van der Waals surface area contributed by atoms with Gasteiger partial charge < -0.3 is 0 Å². The Bertz CT molecular complexity index is 785. The predicted octanol–water partition coefficient (Wildman–Crippen LogP) is 3.78.